The molecule has 0 spiro atoms. The summed E-state index contributed by atoms with van der Waals surface area (Å²) in [4.78, 5) is 20.3. The van der Waals surface area contributed by atoms with Gasteiger partial charge in [-0.15, -0.1) is 11.8 Å². The van der Waals surface area contributed by atoms with Gasteiger partial charge in [-0.1, -0.05) is 36.4 Å². The number of aromatic nitrogens is 2. The first-order chi connectivity index (χ1) is 19.2. The van der Waals surface area contributed by atoms with Crippen molar-refractivity contribution in [1.82, 2.24) is 15.3 Å². The highest BCUT2D eigenvalue weighted by atomic mass is 32.2. The van der Waals surface area contributed by atoms with Gasteiger partial charge in [0.15, 0.2) is 11.3 Å². The maximum Gasteiger partial charge on any atom is 0.279 e. The van der Waals surface area contributed by atoms with Gasteiger partial charge in [0, 0.05) is 44.2 Å². The van der Waals surface area contributed by atoms with E-state index in [1.807, 2.05) is 30.3 Å². The quantitative estimate of drug-likeness (QED) is 0.198. The number of nitrogens with one attached hydrogen (secondary N) is 3. The predicted octanol–water partition coefficient (Wildman–Crippen LogP) is 4.33. The molecular weight excluding hydrogens is 552 g/mol. The van der Waals surface area contributed by atoms with Gasteiger partial charge in [0.25, 0.3) is 15.9 Å². The van der Waals surface area contributed by atoms with Crippen LogP contribution in [0, 0.1) is 6.92 Å². The van der Waals surface area contributed by atoms with Crippen LogP contribution in [0.25, 0.3) is 10.9 Å². The van der Waals surface area contributed by atoms with Crippen molar-refractivity contribution in [2.45, 2.75) is 29.2 Å². The van der Waals surface area contributed by atoms with Crippen molar-refractivity contribution in [3.63, 3.8) is 0 Å². The number of ether oxygens (including phenoxy) is 3. The van der Waals surface area contributed by atoms with Gasteiger partial charge in [-0.25, -0.2) is 4.98 Å². The third-order valence-corrected chi connectivity index (χ3v) is 8.92. The number of fused-ring (bicyclic) bond motifs is 1. The third kappa shape index (κ3) is 6.94. The van der Waals surface area contributed by atoms with Crippen molar-refractivity contribution in [2.75, 3.05) is 32.6 Å². The average molecular weight is 585 g/mol. The van der Waals surface area contributed by atoms with Crippen molar-refractivity contribution >= 4 is 44.3 Å². The number of anilines is 1. The second kappa shape index (κ2) is 13.2. The molecule has 0 bridgehead atoms. The second-order valence-electron chi connectivity index (χ2n) is 8.94. The van der Waals surface area contributed by atoms with E-state index in [4.69, 9.17) is 14.2 Å². The molecule has 0 aliphatic heterocycles. The van der Waals surface area contributed by atoms with Crippen LogP contribution >= 0.6 is 11.8 Å². The lowest BCUT2D eigenvalue weighted by atomic mass is 10.2. The number of pyridine rings is 1. The summed E-state index contributed by atoms with van der Waals surface area (Å²) in [6, 6.07) is 18.3. The molecule has 40 heavy (non-hydrogen) atoms. The summed E-state index contributed by atoms with van der Waals surface area (Å²) in [5.41, 5.74) is 2.58. The molecule has 212 valence electrons. The van der Waals surface area contributed by atoms with Crippen molar-refractivity contribution in [3.05, 3.63) is 83.7 Å². The van der Waals surface area contributed by atoms with E-state index in [0.717, 1.165) is 11.3 Å². The Labute approximate surface area is 237 Å². The van der Waals surface area contributed by atoms with Crippen molar-refractivity contribution < 1.29 is 27.4 Å². The van der Waals surface area contributed by atoms with Crippen LogP contribution in [0.15, 0.2) is 71.9 Å². The number of carbonyl (C=O) groups is 1. The van der Waals surface area contributed by atoms with Gasteiger partial charge in [-0.05, 0) is 36.2 Å². The van der Waals surface area contributed by atoms with Crippen LogP contribution in [0.4, 0.5) is 5.69 Å². The summed E-state index contributed by atoms with van der Waals surface area (Å²) in [5.74, 6) is 0.783. The van der Waals surface area contributed by atoms with E-state index < -0.39 is 16.3 Å². The topological polar surface area (TPSA) is 132 Å². The van der Waals surface area contributed by atoms with Crippen molar-refractivity contribution in [1.29, 1.82) is 0 Å². The minimum Gasteiger partial charge on any atom is -0.497 e. The van der Waals surface area contributed by atoms with E-state index in [2.05, 4.69) is 20.0 Å². The molecule has 1 atom stereocenters. The molecular formula is C28H32N4O6S2. The Balaban J connectivity index is 1.55. The van der Waals surface area contributed by atoms with E-state index in [0.29, 0.717) is 22.2 Å². The molecule has 4 aromatic rings. The lowest BCUT2D eigenvalue weighted by molar-refractivity contribution is -0.101. The fraction of sp³-hybridized carbons (Fsp3) is 0.286. The summed E-state index contributed by atoms with van der Waals surface area (Å²) in [6.45, 7) is 1.95. The number of aromatic amines is 1. The second-order valence-corrected chi connectivity index (χ2v) is 11.8. The summed E-state index contributed by atoms with van der Waals surface area (Å²) in [6.07, 6.45) is 0.889. The van der Waals surface area contributed by atoms with Gasteiger partial charge in [0.1, 0.15) is 11.4 Å². The predicted molar refractivity (Wildman–Crippen MR) is 156 cm³/mol. The van der Waals surface area contributed by atoms with Crippen LogP contribution in [-0.2, 0) is 25.2 Å². The van der Waals surface area contributed by atoms with E-state index in [9.17, 15) is 13.2 Å². The third-order valence-electron chi connectivity index (χ3n) is 6.18. The first-order valence-electron chi connectivity index (χ1n) is 12.4. The first-order valence-corrected chi connectivity index (χ1v) is 14.9. The number of hydrogen-bond donors (Lipinski definition) is 3. The number of amides is 1. The highest BCUT2D eigenvalue weighted by Crippen LogP contribution is 2.31. The number of thioether (sulfide) groups is 1. The van der Waals surface area contributed by atoms with Crippen LogP contribution in [-0.4, -0.2) is 63.7 Å². The van der Waals surface area contributed by atoms with Crippen LogP contribution in [0.2, 0.25) is 0 Å². The van der Waals surface area contributed by atoms with Gasteiger partial charge < -0.3 is 24.5 Å². The molecule has 0 saturated heterocycles. The largest absolute Gasteiger partial charge is 0.497 e. The number of sulfonamides is 1. The molecule has 2 heterocycles. The molecule has 1 unspecified atom stereocenters. The van der Waals surface area contributed by atoms with E-state index in [1.165, 1.54) is 13.3 Å². The van der Waals surface area contributed by atoms with Crippen LogP contribution in [0.1, 0.15) is 21.6 Å². The normalized spacial score (nSPS) is 12.4. The van der Waals surface area contributed by atoms with Gasteiger partial charge in [-0.2, -0.15) is 8.42 Å². The molecule has 0 aliphatic rings. The molecule has 3 N–H and O–H groups in total. The summed E-state index contributed by atoms with van der Waals surface area (Å²) in [7, 11) is 0.602. The number of carbonyl (C=O) groups excluding carboxylic acids is 1. The number of rotatable bonds is 13. The molecule has 0 radical (unpaired) electrons. The Hall–Kier alpha value is -3.58. The molecule has 0 aliphatic carbocycles. The zero-order valence-corrected chi connectivity index (χ0v) is 24.3. The van der Waals surface area contributed by atoms with Gasteiger partial charge in [0.2, 0.25) is 0 Å². The minimum atomic E-state index is -4.01. The highest BCUT2D eigenvalue weighted by Gasteiger charge is 2.24. The zero-order valence-electron chi connectivity index (χ0n) is 22.6. The first kappa shape index (κ1) is 29.4. The summed E-state index contributed by atoms with van der Waals surface area (Å²) in [5, 5.41) is 3.27. The van der Waals surface area contributed by atoms with Gasteiger partial charge in [0.05, 0.1) is 23.6 Å². The number of H-pyrrole nitrogens is 1. The number of nitrogens with zero attached hydrogens (tertiary/aromatic N) is 1. The number of aryl methyl sites for hydroxylation is 1. The summed E-state index contributed by atoms with van der Waals surface area (Å²) < 4.78 is 45.2. The lowest BCUT2D eigenvalue weighted by Gasteiger charge is -2.24. The van der Waals surface area contributed by atoms with Crippen molar-refractivity contribution in [2.24, 2.45) is 0 Å². The highest BCUT2D eigenvalue weighted by molar-refractivity contribution is 7.99. The molecule has 12 heteroatoms. The van der Waals surface area contributed by atoms with E-state index in [-0.39, 0.29) is 34.1 Å². The number of hydrogen-bond acceptors (Lipinski definition) is 8. The van der Waals surface area contributed by atoms with Gasteiger partial charge in [-0.3, -0.25) is 9.52 Å². The van der Waals surface area contributed by atoms with Crippen LogP contribution in [0.3, 0.4) is 0 Å². The Morgan fingerprint density at radius 3 is 2.48 bits per heavy atom. The Morgan fingerprint density at radius 2 is 1.80 bits per heavy atom. The Morgan fingerprint density at radius 1 is 1.05 bits per heavy atom. The molecule has 2 aromatic carbocycles. The molecule has 4 rings (SSSR count). The lowest BCUT2D eigenvalue weighted by Crippen LogP contribution is -2.39. The molecule has 0 saturated carbocycles. The molecule has 0 fully saturated rings. The maximum atomic E-state index is 13.2. The van der Waals surface area contributed by atoms with Crippen LogP contribution in [0.5, 0.6) is 5.75 Å². The molecule has 2 aromatic heterocycles. The minimum absolute atomic E-state index is 0.0830. The van der Waals surface area contributed by atoms with E-state index in [1.54, 1.807) is 63.2 Å². The van der Waals surface area contributed by atoms with Gasteiger partial charge >= 0.3 is 0 Å². The van der Waals surface area contributed by atoms with Crippen LogP contribution < -0.4 is 14.8 Å². The zero-order chi connectivity index (χ0) is 28.7. The van der Waals surface area contributed by atoms with E-state index >= 15 is 0 Å². The maximum absolute atomic E-state index is 13.2. The average Bonchev–Trinajstić information content (AvgIpc) is 3.40. The summed E-state index contributed by atoms with van der Waals surface area (Å²) >= 11 is 1.61. The monoisotopic (exact) mass is 584 g/mol. The Kier molecular flexibility index (Phi) is 9.69. The fourth-order valence-corrected chi connectivity index (χ4v) is 6.60. The Bertz CT molecular complexity index is 1560. The number of methoxy groups -OCH3 is 3. The molecule has 1 amide bonds. The SMILES string of the molecule is COc1cc(NS(=O)(=O)c2ncccc2C)c2[nH]c(C(=O)NCC(SCc3ccccc3)C(OC)OC)cc2c1. The molecule has 10 nitrogen and oxygen atoms in total. The fourth-order valence-electron chi connectivity index (χ4n) is 4.18. The van der Waals surface area contributed by atoms with Crippen molar-refractivity contribution in [3.8, 4) is 5.75 Å². The standard InChI is InChI=1S/C28H32N4O6S2/c1-18-9-8-12-29-27(18)40(34,35)32-22-15-21(36-2)13-20-14-23(31-25(20)22)26(33)30-16-24(28(37-3)38-4)39-17-19-10-6-5-7-11-19/h5-15,24,28,31-32H,16-17H2,1-4H3,(H,30,33). The number of benzene rings is 2. The smallest absolute Gasteiger partial charge is 0.279 e.